The van der Waals surface area contributed by atoms with Crippen molar-refractivity contribution >= 4 is 0 Å². The average molecular weight is 472 g/mol. The number of ether oxygens (including phenoxy) is 2. The van der Waals surface area contributed by atoms with Crippen molar-refractivity contribution in [2.24, 2.45) is 0 Å². The molecule has 0 fully saturated rings. The second-order valence-electron chi connectivity index (χ2n) is 8.10. The molecule has 0 radical (unpaired) electrons. The first-order valence-electron chi connectivity index (χ1n) is 11.2. The molecule has 0 saturated carbocycles. The van der Waals surface area contributed by atoms with Crippen molar-refractivity contribution in [2.75, 3.05) is 20.3 Å². The van der Waals surface area contributed by atoms with Crippen LogP contribution >= 0.6 is 0 Å². The summed E-state index contributed by atoms with van der Waals surface area (Å²) in [6.07, 6.45) is 3.76. The molecule has 2 aliphatic rings. The minimum Gasteiger partial charge on any atom is -0.491 e. The Morgan fingerprint density at radius 1 is 0.800 bits per heavy atom. The minimum absolute atomic E-state index is 0.0536. The third-order valence-electron chi connectivity index (χ3n) is 5.68. The first-order chi connectivity index (χ1) is 17.1. The van der Waals surface area contributed by atoms with E-state index >= 15 is 0 Å². The molecule has 0 unspecified atom stereocenters. The number of fused-ring (bicyclic) bond motifs is 1. The van der Waals surface area contributed by atoms with E-state index in [1.54, 1.807) is 7.11 Å². The normalized spacial score (nSPS) is 11.2. The molecule has 0 N–H and O–H groups in total. The van der Waals surface area contributed by atoms with Crippen molar-refractivity contribution < 1.29 is 18.3 Å². The number of hydrogen-bond acceptors (Lipinski definition) is 4. The van der Waals surface area contributed by atoms with Gasteiger partial charge in [0.25, 0.3) is 0 Å². The number of hydrogen-bond donors (Lipinski definition) is 0. The van der Waals surface area contributed by atoms with Crippen molar-refractivity contribution in [1.82, 2.24) is 14.5 Å². The van der Waals surface area contributed by atoms with Crippen LogP contribution in [0.3, 0.4) is 0 Å². The molecule has 35 heavy (non-hydrogen) atoms. The van der Waals surface area contributed by atoms with Crippen LogP contribution in [0, 0.1) is 11.6 Å². The summed E-state index contributed by atoms with van der Waals surface area (Å²) in [5, 5.41) is 0. The molecular formula is C28H23F2N3O2. The quantitative estimate of drug-likeness (QED) is 0.258. The highest BCUT2D eigenvalue weighted by atomic mass is 19.2. The SMILES string of the molecule is COCCOc1ccc(-c2ccc(Cn3ccc4nc(-c5cccc(F)c5F)nc-4c3)cc2)cc1. The summed E-state index contributed by atoms with van der Waals surface area (Å²) in [6, 6.07) is 22.1. The minimum atomic E-state index is -0.941. The average Bonchev–Trinajstić information content (AvgIpc) is 3.30. The predicted molar refractivity (Wildman–Crippen MR) is 130 cm³/mol. The summed E-state index contributed by atoms with van der Waals surface area (Å²) >= 11 is 0. The lowest BCUT2D eigenvalue weighted by Crippen LogP contribution is -2.03. The van der Waals surface area contributed by atoms with Gasteiger partial charge < -0.3 is 14.0 Å². The monoisotopic (exact) mass is 471 g/mol. The number of rotatable bonds is 8. The number of benzene rings is 3. The molecule has 3 aromatic carbocycles. The van der Waals surface area contributed by atoms with Gasteiger partial charge in [0.1, 0.15) is 18.1 Å². The zero-order valence-corrected chi connectivity index (χ0v) is 19.1. The molecule has 0 saturated heterocycles. The Morgan fingerprint density at radius 3 is 2.26 bits per heavy atom. The third-order valence-corrected chi connectivity index (χ3v) is 5.68. The number of nitrogens with zero attached hydrogens (tertiary/aromatic N) is 3. The fourth-order valence-electron chi connectivity index (χ4n) is 3.85. The first kappa shape index (κ1) is 22.7. The number of aromatic nitrogens is 3. The van der Waals surface area contributed by atoms with Crippen LogP contribution in [0.2, 0.25) is 0 Å². The maximum Gasteiger partial charge on any atom is 0.169 e. The van der Waals surface area contributed by atoms with E-state index < -0.39 is 11.6 Å². The van der Waals surface area contributed by atoms with E-state index in [-0.39, 0.29) is 11.4 Å². The fraction of sp³-hybridized carbons (Fsp3) is 0.143. The largest absolute Gasteiger partial charge is 0.491 e. The van der Waals surface area contributed by atoms with Crippen LogP contribution in [0.15, 0.2) is 85.2 Å². The van der Waals surface area contributed by atoms with E-state index in [9.17, 15) is 8.78 Å². The topological polar surface area (TPSA) is 49.2 Å². The van der Waals surface area contributed by atoms with E-state index in [4.69, 9.17) is 9.47 Å². The van der Waals surface area contributed by atoms with E-state index in [0.717, 1.165) is 28.5 Å². The Kier molecular flexibility index (Phi) is 6.50. The summed E-state index contributed by atoms with van der Waals surface area (Å²) in [5.41, 5.74) is 4.64. The molecule has 0 amide bonds. The van der Waals surface area contributed by atoms with Gasteiger partial charge in [-0.15, -0.1) is 0 Å². The van der Waals surface area contributed by atoms with Gasteiger partial charge in [-0.3, -0.25) is 0 Å². The molecule has 2 aliphatic heterocycles. The molecule has 3 aromatic rings. The zero-order valence-electron chi connectivity index (χ0n) is 19.1. The van der Waals surface area contributed by atoms with Crippen LogP contribution in [0.5, 0.6) is 5.75 Å². The summed E-state index contributed by atoms with van der Waals surface area (Å²) in [5.74, 6) is -0.868. The van der Waals surface area contributed by atoms with Gasteiger partial charge in [0.05, 0.1) is 17.9 Å². The molecule has 0 spiro atoms. The van der Waals surface area contributed by atoms with Crippen molar-refractivity contribution in [1.29, 1.82) is 0 Å². The van der Waals surface area contributed by atoms with Crippen molar-refractivity contribution in [3.05, 3.63) is 102 Å². The van der Waals surface area contributed by atoms with Crippen LogP contribution in [-0.2, 0) is 11.3 Å². The van der Waals surface area contributed by atoms with E-state index in [1.165, 1.54) is 12.1 Å². The Bertz CT molecular complexity index is 1400. The molecule has 5 rings (SSSR count). The highest BCUT2D eigenvalue weighted by molar-refractivity contribution is 5.66. The van der Waals surface area contributed by atoms with Crippen LogP contribution in [-0.4, -0.2) is 34.9 Å². The van der Waals surface area contributed by atoms with Gasteiger partial charge >= 0.3 is 0 Å². The Morgan fingerprint density at radius 2 is 1.51 bits per heavy atom. The first-order valence-corrected chi connectivity index (χ1v) is 11.2. The lowest BCUT2D eigenvalue weighted by atomic mass is 10.0. The second kappa shape index (κ2) is 10.0. The molecule has 7 heteroatoms. The molecule has 5 nitrogen and oxygen atoms in total. The molecule has 0 bridgehead atoms. The molecule has 0 aliphatic carbocycles. The number of imidazole rings is 1. The molecule has 0 atom stereocenters. The summed E-state index contributed by atoms with van der Waals surface area (Å²) in [6.45, 7) is 1.71. The maximum absolute atomic E-state index is 14.1. The summed E-state index contributed by atoms with van der Waals surface area (Å²) in [7, 11) is 1.65. The number of pyridine rings is 1. The second-order valence-corrected chi connectivity index (χ2v) is 8.10. The lowest BCUT2D eigenvalue weighted by Gasteiger charge is -2.10. The van der Waals surface area contributed by atoms with Crippen LogP contribution in [0.25, 0.3) is 33.9 Å². The zero-order chi connectivity index (χ0) is 24.2. The third kappa shape index (κ3) is 5.05. The van der Waals surface area contributed by atoms with Crippen LogP contribution in [0.1, 0.15) is 5.56 Å². The van der Waals surface area contributed by atoms with Crippen LogP contribution in [0.4, 0.5) is 8.78 Å². The molecule has 2 heterocycles. The highest BCUT2D eigenvalue weighted by Crippen LogP contribution is 2.28. The summed E-state index contributed by atoms with van der Waals surface area (Å²) < 4.78 is 40.4. The van der Waals surface area contributed by atoms with E-state index in [0.29, 0.717) is 31.1 Å². The predicted octanol–water partition coefficient (Wildman–Crippen LogP) is 6.07. The highest BCUT2D eigenvalue weighted by Gasteiger charge is 2.17. The van der Waals surface area contributed by atoms with Crippen molar-refractivity contribution in [3.8, 4) is 39.7 Å². The van der Waals surface area contributed by atoms with Gasteiger partial charge in [-0.2, -0.15) is 0 Å². The smallest absolute Gasteiger partial charge is 0.169 e. The van der Waals surface area contributed by atoms with Crippen LogP contribution < -0.4 is 4.74 Å². The van der Waals surface area contributed by atoms with Gasteiger partial charge in [0.2, 0.25) is 0 Å². The molecular weight excluding hydrogens is 448 g/mol. The van der Waals surface area contributed by atoms with Gasteiger partial charge in [0, 0.05) is 26.0 Å². The Labute approximate surface area is 202 Å². The van der Waals surface area contributed by atoms with E-state index in [1.807, 2.05) is 47.3 Å². The van der Waals surface area contributed by atoms with Crippen molar-refractivity contribution in [3.63, 3.8) is 0 Å². The van der Waals surface area contributed by atoms with Gasteiger partial charge in [0.15, 0.2) is 17.5 Å². The molecule has 176 valence electrons. The number of methoxy groups -OCH3 is 1. The lowest BCUT2D eigenvalue weighted by molar-refractivity contribution is 0.146. The Hall–Kier alpha value is -4.10. The fourth-order valence-corrected chi connectivity index (χ4v) is 3.85. The summed E-state index contributed by atoms with van der Waals surface area (Å²) in [4.78, 5) is 8.77. The van der Waals surface area contributed by atoms with Gasteiger partial charge in [-0.25, -0.2) is 18.7 Å². The van der Waals surface area contributed by atoms with Gasteiger partial charge in [-0.05, 0) is 47.0 Å². The van der Waals surface area contributed by atoms with E-state index in [2.05, 4.69) is 34.2 Å². The van der Waals surface area contributed by atoms with Crippen molar-refractivity contribution in [2.45, 2.75) is 6.54 Å². The van der Waals surface area contributed by atoms with Gasteiger partial charge in [-0.1, -0.05) is 42.5 Å². The number of halogens is 2. The standard InChI is InChI=1S/C28H23F2N3O2/c1-34-15-16-35-22-11-9-21(10-12-22)20-7-5-19(6-8-20)17-33-14-13-25-26(18-33)32-28(31-25)23-3-2-4-24(29)27(23)30/h2-14,18H,15-17H2,1H3. The molecule has 0 aromatic heterocycles. The Balaban J connectivity index is 1.29. The maximum atomic E-state index is 14.1.